The normalized spacial score (nSPS) is 11.4. The lowest BCUT2D eigenvalue weighted by Crippen LogP contribution is -2.18. The molecular weight excluding hydrogens is 337 g/mol. The van der Waals surface area contributed by atoms with Crippen molar-refractivity contribution >= 4 is 40.0 Å². The van der Waals surface area contributed by atoms with Crippen molar-refractivity contribution in [1.82, 2.24) is 9.55 Å². The fourth-order valence-corrected chi connectivity index (χ4v) is 2.59. The summed E-state index contributed by atoms with van der Waals surface area (Å²) < 4.78 is 1.32. The molecule has 78 valence electrons. The minimum absolute atomic E-state index is 0.0907. The van der Waals surface area contributed by atoms with Crippen LogP contribution in [0.2, 0.25) is 5.02 Å². The zero-order chi connectivity index (χ0) is 10.6. The minimum Gasteiger partial charge on any atom is -0.396 e. The minimum atomic E-state index is -0.255. The summed E-state index contributed by atoms with van der Waals surface area (Å²) in [6.45, 7) is 0.0907. The maximum Gasteiger partial charge on any atom is 0.289 e. The molecule has 1 rings (SSSR count). The van der Waals surface area contributed by atoms with E-state index in [4.69, 9.17) is 16.7 Å². The lowest BCUT2D eigenvalue weighted by atomic mass is 10.2. The number of nitrogens with zero attached hydrogens (tertiary/aromatic N) is 2. The van der Waals surface area contributed by atoms with Crippen LogP contribution in [-0.2, 0) is 6.42 Å². The lowest BCUT2D eigenvalue weighted by Gasteiger charge is -2.04. The number of aliphatic hydroxyl groups is 1. The lowest BCUT2D eigenvalue weighted by molar-refractivity contribution is 0.288. The fourth-order valence-electron chi connectivity index (χ4n) is 0.971. The Hall–Kier alpha value is 0.290. The zero-order valence-corrected chi connectivity index (χ0v) is 11.1. The van der Waals surface area contributed by atoms with Gasteiger partial charge in [0.1, 0.15) is 5.02 Å². The number of halogens is 2. The summed E-state index contributed by atoms with van der Waals surface area (Å²) in [5.74, 6) is 0. The van der Waals surface area contributed by atoms with Gasteiger partial charge in [0, 0.05) is 6.61 Å². The highest BCUT2D eigenvalue weighted by Crippen LogP contribution is 2.21. The average Bonchev–Trinajstić information content (AvgIpc) is 2.20. The highest BCUT2D eigenvalue weighted by atomic mass is 127. The molecule has 0 fully saturated rings. The summed E-state index contributed by atoms with van der Waals surface area (Å²) in [5.41, 5.74) is 0.450. The van der Waals surface area contributed by atoms with Crippen LogP contribution in [0.3, 0.4) is 0 Å². The highest BCUT2D eigenvalue weighted by molar-refractivity contribution is 14.2. The number of aliphatic hydroxyl groups excluding tert-OH is 1. The van der Waals surface area contributed by atoms with Gasteiger partial charge in [0.2, 0.25) is 0 Å². The second kappa shape index (κ2) is 6.00. The van der Waals surface area contributed by atoms with Crippen LogP contribution in [0.4, 0.5) is 0 Å². The van der Waals surface area contributed by atoms with Gasteiger partial charge in [0.05, 0.1) is 12.6 Å². The predicted molar refractivity (Wildman–Crippen MR) is 66.6 cm³/mol. The first-order chi connectivity index (χ1) is 6.70. The van der Waals surface area contributed by atoms with Gasteiger partial charge < -0.3 is 5.11 Å². The molecule has 0 aliphatic rings. The van der Waals surface area contributed by atoms with Crippen molar-refractivity contribution in [3.63, 3.8) is 0 Å². The SMILES string of the molecule is O=c1c(Cl)c(CCCO)cnn1PI. The first-order valence-corrected chi connectivity index (χ1v) is 8.39. The molecule has 1 unspecified atom stereocenters. The van der Waals surface area contributed by atoms with Gasteiger partial charge in [-0.25, -0.2) is 4.45 Å². The Morgan fingerprint density at radius 3 is 3.00 bits per heavy atom. The number of aryl methyl sites for hydroxylation is 1. The number of aromatic nitrogens is 2. The number of hydrogen-bond acceptors (Lipinski definition) is 3. The standard InChI is InChI=1S/C7H9ClIN2O2P/c8-6-5(2-1-3-12)4-10-11(14-9)7(6)13/h4,12,14H,1-3H2. The molecule has 0 bridgehead atoms. The summed E-state index contributed by atoms with van der Waals surface area (Å²) in [5, 5.41) is 12.8. The molecule has 1 N–H and O–H groups in total. The Morgan fingerprint density at radius 2 is 2.43 bits per heavy atom. The summed E-state index contributed by atoms with van der Waals surface area (Å²) in [7, 11) is 0. The molecule has 7 heteroatoms. The molecule has 14 heavy (non-hydrogen) atoms. The summed E-state index contributed by atoms with van der Waals surface area (Å²) in [6, 6.07) is 0. The molecule has 0 amide bonds. The van der Waals surface area contributed by atoms with Crippen molar-refractivity contribution in [2.75, 3.05) is 6.61 Å². The largest absolute Gasteiger partial charge is 0.396 e. The second-order valence-electron chi connectivity index (χ2n) is 2.61. The maximum absolute atomic E-state index is 11.5. The molecule has 1 heterocycles. The molecule has 1 aromatic heterocycles. The quantitative estimate of drug-likeness (QED) is 0.666. The van der Waals surface area contributed by atoms with E-state index >= 15 is 0 Å². The molecule has 4 nitrogen and oxygen atoms in total. The predicted octanol–water partition coefficient (Wildman–Crippen LogP) is 1.61. The van der Waals surface area contributed by atoms with E-state index in [0.717, 1.165) is 0 Å². The van der Waals surface area contributed by atoms with Gasteiger partial charge in [-0.15, -0.1) is 0 Å². The molecule has 0 spiro atoms. The third-order valence-corrected chi connectivity index (χ3v) is 3.93. The Morgan fingerprint density at radius 1 is 1.71 bits per heavy atom. The van der Waals surface area contributed by atoms with Crippen molar-refractivity contribution in [2.24, 2.45) is 0 Å². The van der Waals surface area contributed by atoms with Crippen LogP contribution in [0.25, 0.3) is 0 Å². The molecule has 0 aliphatic carbocycles. The smallest absolute Gasteiger partial charge is 0.289 e. The van der Waals surface area contributed by atoms with Crippen LogP contribution in [0.1, 0.15) is 12.0 Å². The van der Waals surface area contributed by atoms with Crippen LogP contribution in [0.15, 0.2) is 11.0 Å². The van der Waals surface area contributed by atoms with Crippen molar-refractivity contribution < 1.29 is 5.11 Å². The first-order valence-electron chi connectivity index (χ1n) is 3.95. The van der Waals surface area contributed by atoms with Crippen molar-refractivity contribution in [1.29, 1.82) is 0 Å². The van der Waals surface area contributed by atoms with Gasteiger partial charge in [-0.05, 0) is 40.4 Å². The van der Waals surface area contributed by atoms with E-state index in [1.54, 1.807) is 6.20 Å². The Kier molecular flexibility index (Phi) is 5.30. The van der Waals surface area contributed by atoms with E-state index < -0.39 is 0 Å². The van der Waals surface area contributed by atoms with Gasteiger partial charge in [0.25, 0.3) is 5.56 Å². The van der Waals surface area contributed by atoms with E-state index in [0.29, 0.717) is 18.4 Å². The van der Waals surface area contributed by atoms with Crippen LogP contribution in [0, 0.1) is 0 Å². The molecular formula is C7H9ClIN2O2P. The van der Waals surface area contributed by atoms with Crippen LogP contribution >= 0.6 is 40.0 Å². The van der Waals surface area contributed by atoms with Gasteiger partial charge in [-0.2, -0.15) is 5.10 Å². The van der Waals surface area contributed by atoms with E-state index in [1.165, 1.54) is 4.45 Å². The Bertz CT molecular complexity index is 371. The number of rotatable bonds is 4. The maximum atomic E-state index is 11.5. The molecule has 0 saturated heterocycles. The van der Waals surface area contributed by atoms with E-state index in [-0.39, 0.29) is 23.6 Å². The van der Waals surface area contributed by atoms with Gasteiger partial charge in [-0.1, -0.05) is 11.6 Å². The van der Waals surface area contributed by atoms with Gasteiger partial charge >= 0.3 is 0 Å². The molecule has 0 radical (unpaired) electrons. The zero-order valence-electron chi connectivity index (χ0n) is 7.20. The molecule has 0 aliphatic heterocycles. The van der Waals surface area contributed by atoms with E-state index in [2.05, 4.69) is 27.1 Å². The van der Waals surface area contributed by atoms with Crippen molar-refractivity contribution in [3.05, 3.63) is 27.1 Å². The van der Waals surface area contributed by atoms with Gasteiger partial charge in [-0.3, -0.25) is 4.79 Å². The van der Waals surface area contributed by atoms with E-state index in [1.807, 2.05) is 0 Å². The second-order valence-corrected chi connectivity index (χ2v) is 5.03. The number of hydrogen-bond donors (Lipinski definition) is 1. The third kappa shape index (κ3) is 2.89. The van der Waals surface area contributed by atoms with Crippen molar-refractivity contribution in [3.8, 4) is 0 Å². The topological polar surface area (TPSA) is 55.1 Å². The molecule has 1 atom stereocenters. The fraction of sp³-hybridized carbons (Fsp3) is 0.429. The molecule has 1 aromatic rings. The monoisotopic (exact) mass is 346 g/mol. The van der Waals surface area contributed by atoms with Crippen LogP contribution < -0.4 is 5.56 Å². The molecule has 0 saturated carbocycles. The molecule has 0 aromatic carbocycles. The Balaban J connectivity index is 2.99. The van der Waals surface area contributed by atoms with E-state index in [9.17, 15) is 4.79 Å². The van der Waals surface area contributed by atoms with Crippen LogP contribution in [0.5, 0.6) is 0 Å². The summed E-state index contributed by atoms with van der Waals surface area (Å²) >= 11 is 7.92. The van der Waals surface area contributed by atoms with Crippen molar-refractivity contribution in [2.45, 2.75) is 12.8 Å². The van der Waals surface area contributed by atoms with Crippen LogP contribution in [-0.4, -0.2) is 21.3 Å². The average molecular weight is 346 g/mol. The highest BCUT2D eigenvalue weighted by Gasteiger charge is 2.07. The third-order valence-electron chi connectivity index (χ3n) is 1.68. The summed E-state index contributed by atoms with van der Waals surface area (Å²) in [6.07, 6.45) is 3.02. The Labute approximate surface area is 101 Å². The summed E-state index contributed by atoms with van der Waals surface area (Å²) in [4.78, 5) is 11.5. The first kappa shape index (κ1) is 12.4. The van der Waals surface area contributed by atoms with Gasteiger partial charge in [0.15, 0.2) is 0 Å².